The highest BCUT2D eigenvalue weighted by molar-refractivity contribution is 5.81. The van der Waals surface area contributed by atoms with E-state index in [1.165, 1.54) is 20.8 Å². The molecule has 0 heterocycles. The van der Waals surface area contributed by atoms with Gasteiger partial charge in [0, 0.05) is 26.2 Å². The molecule has 0 unspecified atom stereocenters. The Labute approximate surface area is 168 Å². The van der Waals surface area contributed by atoms with Gasteiger partial charge in [-0.3, -0.25) is 29.0 Å². The number of aliphatic hydroxyl groups is 2. The molecule has 0 fully saturated rings. The quantitative estimate of drug-likeness (QED) is 0.326. The lowest BCUT2D eigenvalue weighted by Gasteiger charge is -2.25. The van der Waals surface area contributed by atoms with E-state index >= 15 is 0 Å². The highest BCUT2D eigenvalue weighted by Crippen LogP contribution is 1.95. The van der Waals surface area contributed by atoms with Crippen molar-refractivity contribution in [2.24, 2.45) is 0 Å². The molecule has 0 aromatic rings. The van der Waals surface area contributed by atoms with E-state index in [4.69, 9.17) is 10.2 Å². The Morgan fingerprint density at radius 3 is 1.46 bits per heavy atom. The number of unbranched alkanes of at least 4 members (excludes halogenated alkanes) is 1. The molecule has 164 valence electrons. The average Bonchev–Trinajstić information content (AvgIpc) is 2.57. The molecule has 0 aliphatic heterocycles. The van der Waals surface area contributed by atoms with Gasteiger partial charge in [0.25, 0.3) is 0 Å². The number of hydrogen-bond acceptors (Lipinski definition) is 8. The first-order chi connectivity index (χ1) is 13.2. The average molecular weight is 404 g/mol. The van der Waals surface area contributed by atoms with Crippen molar-refractivity contribution in [2.75, 3.05) is 59.0 Å². The number of carbonyl (C=O) groups is 4. The van der Waals surface area contributed by atoms with Crippen molar-refractivity contribution in [2.45, 2.75) is 40.5 Å². The van der Waals surface area contributed by atoms with E-state index in [0.29, 0.717) is 19.7 Å². The molecule has 0 saturated carbocycles. The van der Waals surface area contributed by atoms with Gasteiger partial charge in [-0.05, 0) is 27.2 Å². The number of carbonyl (C=O) groups excluding carboxylic acids is 4. The third-order valence-electron chi connectivity index (χ3n) is 3.38. The van der Waals surface area contributed by atoms with Crippen molar-refractivity contribution < 1.29 is 29.4 Å². The Morgan fingerprint density at radius 1 is 0.750 bits per heavy atom. The van der Waals surface area contributed by atoms with E-state index in [0.717, 1.165) is 12.8 Å². The van der Waals surface area contributed by atoms with Crippen LogP contribution in [0.1, 0.15) is 40.5 Å². The van der Waals surface area contributed by atoms with Crippen molar-refractivity contribution >= 4 is 23.3 Å². The highest BCUT2D eigenvalue weighted by Gasteiger charge is 2.16. The number of rotatable bonds is 15. The molecule has 0 aromatic carbocycles. The summed E-state index contributed by atoms with van der Waals surface area (Å²) in [5, 5.41) is 19.3. The van der Waals surface area contributed by atoms with Gasteiger partial charge in [0.2, 0.25) is 5.91 Å². The molecule has 0 aromatic heterocycles. The van der Waals surface area contributed by atoms with Crippen LogP contribution in [-0.2, 0) is 19.2 Å². The van der Waals surface area contributed by atoms with Gasteiger partial charge in [-0.25, -0.2) is 0 Å². The van der Waals surface area contributed by atoms with Crippen molar-refractivity contribution in [1.82, 2.24) is 15.1 Å². The second-order valence-electron chi connectivity index (χ2n) is 6.68. The zero-order valence-corrected chi connectivity index (χ0v) is 17.7. The van der Waals surface area contributed by atoms with Crippen LogP contribution in [0.2, 0.25) is 0 Å². The summed E-state index contributed by atoms with van der Waals surface area (Å²) in [5.74, 6) is -0.468. The Bertz CT molecular complexity index is 453. The predicted molar refractivity (Wildman–Crippen MR) is 107 cm³/mol. The van der Waals surface area contributed by atoms with Crippen LogP contribution < -0.4 is 5.32 Å². The molecule has 28 heavy (non-hydrogen) atoms. The molecule has 0 spiro atoms. The van der Waals surface area contributed by atoms with E-state index in [9.17, 15) is 19.2 Å². The summed E-state index contributed by atoms with van der Waals surface area (Å²) >= 11 is 0. The monoisotopic (exact) mass is 403 g/mol. The van der Waals surface area contributed by atoms with Crippen molar-refractivity contribution in [1.29, 1.82) is 0 Å². The van der Waals surface area contributed by atoms with E-state index in [1.54, 1.807) is 9.80 Å². The molecule has 9 nitrogen and oxygen atoms in total. The van der Waals surface area contributed by atoms with Gasteiger partial charge in [-0.15, -0.1) is 0 Å². The number of nitrogens with zero attached hydrogens (tertiary/aromatic N) is 2. The van der Waals surface area contributed by atoms with Gasteiger partial charge in [-0.2, -0.15) is 0 Å². The van der Waals surface area contributed by atoms with Crippen molar-refractivity contribution in [3.05, 3.63) is 0 Å². The summed E-state index contributed by atoms with van der Waals surface area (Å²) in [6, 6.07) is 0. The first-order valence-corrected chi connectivity index (χ1v) is 9.57. The fourth-order valence-electron chi connectivity index (χ4n) is 2.27. The molecule has 3 N–H and O–H groups in total. The lowest BCUT2D eigenvalue weighted by Crippen LogP contribution is -2.45. The summed E-state index contributed by atoms with van der Waals surface area (Å²) in [6.07, 6.45) is 2.04. The van der Waals surface area contributed by atoms with Gasteiger partial charge in [0.1, 0.15) is 17.3 Å². The SMILES string of the molecule is CC(=O)CN(CCN(CC(C)=O)CC(=O)NCCO)CC(C)=O.CCCCO. The van der Waals surface area contributed by atoms with Crippen molar-refractivity contribution in [3.63, 3.8) is 0 Å². The maximum atomic E-state index is 11.7. The van der Waals surface area contributed by atoms with Crippen LogP contribution in [-0.4, -0.2) is 102 Å². The minimum absolute atomic E-state index is 0.0214. The summed E-state index contributed by atoms with van der Waals surface area (Å²) in [7, 11) is 0. The molecule has 0 saturated heterocycles. The smallest absolute Gasteiger partial charge is 0.234 e. The third-order valence-corrected chi connectivity index (χ3v) is 3.38. The lowest BCUT2D eigenvalue weighted by atomic mass is 10.3. The molecule has 1 amide bonds. The van der Waals surface area contributed by atoms with Gasteiger partial charge < -0.3 is 15.5 Å². The second-order valence-corrected chi connectivity index (χ2v) is 6.68. The van der Waals surface area contributed by atoms with E-state index in [1.807, 2.05) is 0 Å². The molecule has 0 atom stereocenters. The molecular formula is C19H37N3O6. The molecule has 0 rings (SSSR count). The van der Waals surface area contributed by atoms with E-state index in [2.05, 4.69) is 12.2 Å². The van der Waals surface area contributed by atoms with Gasteiger partial charge in [0.05, 0.1) is 32.8 Å². The Kier molecular flexibility index (Phi) is 19.0. The Balaban J connectivity index is 0. The minimum atomic E-state index is -0.287. The van der Waals surface area contributed by atoms with Gasteiger partial charge in [0.15, 0.2) is 0 Å². The second kappa shape index (κ2) is 18.7. The van der Waals surface area contributed by atoms with Crippen LogP contribution in [0.15, 0.2) is 0 Å². The largest absolute Gasteiger partial charge is 0.396 e. The molecule has 0 aliphatic rings. The fourth-order valence-corrected chi connectivity index (χ4v) is 2.27. The summed E-state index contributed by atoms with van der Waals surface area (Å²) < 4.78 is 0. The van der Waals surface area contributed by atoms with E-state index in [-0.39, 0.29) is 62.6 Å². The predicted octanol–water partition coefficient (Wildman–Crippen LogP) is -0.755. The number of ketones is 3. The summed E-state index contributed by atoms with van der Waals surface area (Å²) in [6.45, 7) is 7.96. The number of aliphatic hydroxyl groups excluding tert-OH is 2. The number of hydrogen-bond donors (Lipinski definition) is 3. The summed E-state index contributed by atoms with van der Waals surface area (Å²) in [4.78, 5) is 48.9. The topological polar surface area (TPSA) is 127 Å². The molecular weight excluding hydrogens is 366 g/mol. The van der Waals surface area contributed by atoms with Crippen LogP contribution >= 0.6 is 0 Å². The number of nitrogens with one attached hydrogen (secondary N) is 1. The van der Waals surface area contributed by atoms with Gasteiger partial charge in [-0.1, -0.05) is 13.3 Å². The normalized spacial score (nSPS) is 10.4. The van der Waals surface area contributed by atoms with Crippen LogP contribution in [0, 0.1) is 0 Å². The highest BCUT2D eigenvalue weighted by atomic mass is 16.3. The minimum Gasteiger partial charge on any atom is -0.396 e. The van der Waals surface area contributed by atoms with Crippen LogP contribution in [0.25, 0.3) is 0 Å². The lowest BCUT2D eigenvalue weighted by molar-refractivity contribution is -0.125. The molecule has 9 heteroatoms. The maximum Gasteiger partial charge on any atom is 0.234 e. The zero-order valence-electron chi connectivity index (χ0n) is 17.7. The Hall–Kier alpha value is -1.68. The maximum absolute atomic E-state index is 11.7. The summed E-state index contributed by atoms with van der Waals surface area (Å²) in [5.41, 5.74) is 0. The zero-order chi connectivity index (χ0) is 21.9. The standard InChI is InChI=1S/C15H27N3O5.C4H10O/c1-12(20)8-17(9-13(2)21)5-6-18(10-14(3)22)11-15(23)16-4-7-19;1-2-3-4-5/h19H,4-11H2,1-3H3,(H,16,23);5H,2-4H2,1H3. The number of Topliss-reactive ketones (excluding diaryl/α,β-unsaturated/α-hetero) is 3. The van der Waals surface area contributed by atoms with Crippen LogP contribution in [0.4, 0.5) is 0 Å². The first kappa shape index (κ1) is 28.5. The van der Waals surface area contributed by atoms with Crippen LogP contribution in [0.3, 0.4) is 0 Å². The Morgan fingerprint density at radius 2 is 1.18 bits per heavy atom. The van der Waals surface area contributed by atoms with Crippen LogP contribution in [0.5, 0.6) is 0 Å². The van der Waals surface area contributed by atoms with Crippen molar-refractivity contribution in [3.8, 4) is 0 Å². The molecule has 0 aliphatic carbocycles. The third kappa shape index (κ3) is 20.6. The molecule has 0 bridgehead atoms. The number of amides is 1. The van der Waals surface area contributed by atoms with E-state index < -0.39 is 0 Å². The fraction of sp³-hybridized carbons (Fsp3) is 0.789. The first-order valence-electron chi connectivity index (χ1n) is 9.57. The van der Waals surface area contributed by atoms with Gasteiger partial charge >= 0.3 is 0 Å². The molecule has 0 radical (unpaired) electrons.